The molecule has 0 aliphatic heterocycles. The van der Waals surface area contributed by atoms with Gasteiger partial charge in [0.2, 0.25) is 5.91 Å². The number of benzene rings is 1. The largest absolute Gasteiger partial charge is 0.489 e. The van der Waals surface area contributed by atoms with Crippen LogP contribution in [0, 0.1) is 0 Å². The highest BCUT2D eigenvalue weighted by molar-refractivity contribution is 6.40. The molecule has 5 nitrogen and oxygen atoms in total. The van der Waals surface area contributed by atoms with Gasteiger partial charge < -0.3 is 14.6 Å². The molecule has 2 aromatic rings. The van der Waals surface area contributed by atoms with Crippen LogP contribution in [0.1, 0.15) is 0 Å². The molecule has 1 aromatic heterocycles. The number of hydrogen-bond acceptors (Lipinski definition) is 3. The van der Waals surface area contributed by atoms with Crippen LogP contribution in [0.3, 0.4) is 0 Å². The quantitative estimate of drug-likeness (QED) is 0.816. The van der Waals surface area contributed by atoms with Crippen molar-refractivity contribution in [3.8, 4) is 5.75 Å². The Morgan fingerprint density at radius 1 is 1.29 bits per heavy atom. The Balaban J connectivity index is 1.76. The third kappa shape index (κ3) is 4.81. The second-order valence-electron chi connectivity index (χ2n) is 4.13. The van der Waals surface area contributed by atoms with E-state index in [2.05, 4.69) is 10.3 Å². The summed E-state index contributed by atoms with van der Waals surface area (Å²) in [5, 5.41) is 3.81. The number of amides is 1. The number of nitrogens with one attached hydrogen (secondary N) is 1. The third-order valence-electron chi connectivity index (χ3n) is 2.52. The summed E-state index contributed by atoms with van der Waals surface area (Å²) in [6.45, 7) is 0.794. The average Bonchev–Trinajstić information content (AvgIpc) is 2.89. The summed E-state index contributed by atoms with van der Waals surface area (Å²) < 4.78 is 7.12. The molecule has 0 saturated heterocycles. The van der Waals surface area contributed by atoms with Crippen molar-refractivity contribution >= 4 is 40.7 Å². The Kier molecular flexibility index (Phi) is 5.73. The van der Waals surface area contributed by atoms with Crippen molar-refractivity contribution in [3.63, 3.8) is 0 Å². The summed E-state index contributed by atoms with van der Waals surface area (Å²) in [7, 11) is 0. The van der Waals surface area contributed by atoms with E-state index >= 15 is 0 Å². The molecule has 2 rings (SSSR count). The van der Waals surface area contributed by atoms with E-state index in [1.165, 1.54) is 0 Å². The SMILES string of the molecule is O=C(Cn1ccnc1)NCCOc1c(Cl)cc(Cl)cc1Cl. The number of ether oxygens (including phenoxy) is 1. The Hall–Kier alpha value is -1.43. The van der Waals surface area contributed by atoms with Crippen LogP contribution >= 0.6 is 34.8 Å². The molecule has 1 amide bonds. The minimum Gasteiger partial charge on any atom is -0.489 e. The van der Waals surface area contributed by atoms with Crippen molar-refractivity contribution < 1.29 is 9.53 Å². The van der Waals surface area contributed by atoms with Gasteiger partial charge in [-0.15, -0.1) is 0 Å². The molecule has 0 unspecified atom stereocenters. The number of halogens is 3. The van der Waals surface area contributed by atoms with Gasteiger partial charge in [-0.2, -0.15) is 0 Å². The second-order valence-corrected chi connectivity index (χ2v) is 5.38. The van der Waals surface area contributed by atoms with Crippen molar-refractivity contribution in [2.75, 3.05) is 13.2 Å². The van der Waals surface area contributed by atoms with E-state index in [-0.39, 0.29) is 19.1 Å². The van der Waals surface area contributed by atoms with E-state index in [0.717, 1.165) is 0 Å². The molecule has 0 saturated carbocycles. The summed E-state index contributed by atoms with van der Waals surface area (Å²) in [5.41, 5.74) is 0. The maximum Gasteiger partial charge on any atom is 0.240 e. The highest BCUT2D eigenvalue weighted by atomic mass is 35.5. The summed E-state index contributed by atoms with van der Waals surface area (Å²) in [6.07, 6.45) is 4.90. The summed E-state index contributed by atoms with van der Waals surface area (Å²) in [4.78, 5) is 15.5. The zero-order chi connectivity index (χ0) is 15.2. The highest BCUT2D eigenvalue weighted by Gasteiger charge is 2.09. The monoisotopic (exact) mass is 347 g/mol. The second kappa shape index (κ2) is 7.54. The van der Waals surface area contributed by atoms with E-state index < -0.39 is 0 Å². The van der Waals surface area contributed by atoms with Gasteiger partial charge in [-0.05, 0) is 12.1 Å². The number of nitrogens with zero attached hydrogens (tertiary/aromatic N) is 2. The summed E-state index contributed by atoms with van der Waals surface area (Å²) in [6, 6.07) is 3.09. The zero-order valence-electron chi connectivity index (χ0n) is 10.9. The molecule has 0 radical (unpaired) electrons. The standard InChI is InChI=1S/C13H12Cl3N3O2/c14-9-5-10(15)13(11(16)6-9)21-4-2-18-12(20)7-19-3-1-17-8-19/h1,3,5-6,8H,2,4,7H2,(H,18,20). The number of carbonyl (C=O) groups is 1. The number of rotatable bonds is 6. The molecule has 1 heterocycles. The number of hydrogen-bond donors (Lipinski definition) is 1. The van der Waals surface area contributed by atoms with Crippen LogP contribution in [-0.2, 0) is 11.3 Å². The van der Waals surface area contributed by atoms with Gasteiger partial charge in [0.05, 0.1) is 22.9 Å². The van der Waals surface area contributed by atoms with Crippen LogP contribution < -0.4 is 10.1 Å². The Bertz CT molecular complexity index is 594. The van der Waals surface area contributed by atoms with Gasteiger partial charge >= 0.3 is 0 Å². The first kappa shape index (κ1) is 15.9. The highest BCUT2D eigenvalue weighted by Crippen LogP contribution is 2.35. The van der Waals surface area contributed by atoms with Crippen LogP contribution in [0.5, 0.6) is 5.75 Å². The smallest absolute Gasteiger partial charge is 0.240 e. The molecule has 112 valence electrons. The molecular weight excluding hydrogens is 337 g/mol. The van der Waals surface area contributed by atoms with E-state index in [9.17, 15) is 4.79 Å². The predicted molar refractivity (Wildman–Crippen MR) is 82.2 cm³/mol. The first-order valence-electron chi connectivity index (χ1n) is 6.06. The molecule has 0 bridgehead atoms. The molecule has 1 N–H and O–H groups in total. The van der Waals surface area contributed by atoms with Gasteiger partial charge in [0.15, 0.2) is 5.75 Å². The lowest BCUT2D eigenvalue weighted by Gasteiger charge is -2.11. The third-order valence-corrected chi connectivity index (χ3v) is 3.30. The molecular formula is C13H12Cl3N3O2. The zero-order valence-corrected chi connectivity index (χ0v) is 13.1. The topological polar surface area (TPSA) is 56.2 Å². The van der Waals surface area contributed by atoms with E-state index in [4.69, 9.17) is 39.5 Å². The fourth-order valence-electron chi connectivity index (χ4n) is 1.61. The van der Waals surface area contributed by atoms with Crippen LogP contribution in [-0.4, -0.2) is 28.6 Å². The molecule has 0 atom stereocenters. The van der Waals surface area contributed by atoms with Crippen LogP contribution in [0.4, 0.5) is 0 Å². The normalized spacial score (nSPS) is 10.4. The van der Waals surface area contributed by atoms with Gasteiger partial charge in [0.1, 0.15) is 13.2 Å². The first-order valence-corrected chi connectivity index (χ1v) is 7.19. The number of imidazole rings is 1. The van der Waals surface area contributed by atoms with Crippen molar-refractivity contribution in [2.45, 2.75) is 6.54 Å². The fourth-order valence-corrected chi connectivity index (χ4v) is 2.54. The molecule has 0 spiro atoms. The molecule has 8 heteroatoms. The molecule has 0 fully saturated rings. The minimum atomic E-state index is -0.134. The number of carbonyl (C=O) groups excluding carboxylic acids is 1. The van der Waals surface area contributed by atoms with Crippen LogP contribution in [0.25, 0.3) is 0 Å². The van der Waals surface area contributed by atoms with Crippen molar-refractivity contribution in [2.24, 2.45) is 0 Å². The lowest BCUT2D eigenvalue weighted by Crippen LogP contribution is -2.30. The molecule has 1 aromatic carbocycles. The lowest BCUT2D eigenvalue weighted by molar-refractivity contribution is -0.121. The van der Waals surface area contributed by atoms with Crippen molar-refractivity contribution in [1.29, 1.82) is 0 Å². The van der Waals surface area contributed by atoms with Crippen LogP contribution in [0.15, 0.2) is 30.9 Å². The van der Waals surface area contributed by atoms with Gasteiger partial charge in [0, 0.05) is 17.4 Å². The average molecular weight is 349 g/mol. The van der Waals surface area contributed by atoms with Gasteiger partial charge in [-0.3, -0.25) is 4.79 Å². The summed E-state index contributed by atoms with van der Waals surface area (Å²) in [5.74, 6) is 0.219. The Morgan fingerprint density at radius 2 is 2.00 bits per heavy atom. The molecule has 0 aliphatic carbocycles. The molecule has 0 aliphatic rings. The predicted octanol–water partition coefficient (Wildman–Crippen LogP) is 3.04. The van der Waals surface area contributed by atoms with Gasteiger partial charge in [-0.1, -0.05) is 34.8 Å². The van der Waals surface area contributed by atoms with E-state index in [1.807, 2.05) is 0 Å². The minimum absolute atomic E-state index is 0.134. The first-order chi connectivity index (χ1) is 10.1. The Labute approximate surface area is 136 Å². The van der Waals surface area contributed by atoms with E-state index in [1.54, 1.807) is 35.4 Å². The van der Waals surface area contributed by atoms with Gasteiger partial charge in [-0.25, -0.2) is 4.98 Å². The molecule has 21 heavy (non-hydrogen) atoms. The van der Waals surface area contributed by atoms with Crippen molar-refractivity contribution in [1.82, 2.24) is 14.9 Å². The Morgan fingerprint density at radius 3 is 2.62 bits per heavy atom. The van der Waals surface area contributed by atoms with Crippen molar-refractivity contribution in [3.05, 3.63) is 45.9 Å². The van der Waals surface area contributed by atoms with Gasteiger partial charge in [0.25, 0.3) is 0 Å². The summed E-state index contributed by atoms with van der Waals surface area (Å²) >= 11 is 17.8. The maximum absolute atomic E-state index is 11.6. The lowest BCUT2D eigenvalue weighted by atomic mass is 10.3. The number of aromatic nitrogens is 2. The van der Waals surface area contributed by atoms with Crippen LogP contribution in [0.2, 0.25) is 15.1 Å². The fraction of sp³-hybridized carbons (Fsp3) is 0.231. The maximum atomic E-state index is 11.6. The van der Waals surface area contributed by atoms with E-state index in [0.29, 0.717) is 27.4 Å².